The van der Waals surface area contributed by atoms with E-state index in [0.717, 1.165) is 39.9 Å². The van der Waals surface area contributed by atoms with Gasteiger partial charge in [-0.25, -0.2) is 9.37 Å². The molecule has 5 aromatic rings. The van der Waals surface area contributed by atoms with Crippen molar-refractivity contribution in [3.8, 4) is 21.7 Å². The minimum Gasteiger partial charge on any atom is -0.315 e. The molecule has 0 aliphatic carbocycles. The second-order valence-electron chi connectivity index (χ2n) is 9.17. The topological polar surface area (TPSA) is 75.9 Å². The Kier molecular flexibility index (Phi) is 6.23. The molecule has 186 valence electrons. The summed E-state index contributed by atoms with van der Waals surface area (Å²) in [6.07, 6.45) is 5.18. The number of benzene rings is 2. The summed E-state index contributed by atoms with van der Waals surface area (Å²) < 4.78 is 18.0. The molecule has 1 saturated heterocycles. The van der Waals surface area contributed by atoms with Crippen LogP contribution in [0.15, 0.2) is 73.1 Å². The molecule has 3 aromatic heterocycles. The number of hydrogen-bond donors (Lipinski definition) is 1. The van der Waals surface area contributed by atoms with Crippen molar-refractivity contribution in [2.45, 2.75) is 18.9 Å². The van der Waals surface area contributed by atoms with E-state index in [9.17, 15) is 4.79 Å². The van der Waals surface area contributed by atoms with Crippen LogP contribution in [-0.4, -0.2) is 45.0 Å². The summed E-state index contributed by atoms with van der Waals surface area (Å²) >= 11 is 1.66. The van der Waals surface area contributed by atoms with Gasteiger partial charge < -0.3 is 5.32 Å². The number of thiophene rings is 1. The van der Waals surface area contributed by atoms with E-state index in [1.807, 2.05) is 24.3 Å². The predicted molar refractivity (Wildman–Crippen MR) is 144 cm³/mol. The van der Waals surface area contributed by atoms with Gasteiger partial charge in [-0.15, -0.1) is 16.4 Å². The molecule has 0 spiro atoms. The number of halogens is 1. The van der Waals surface area contributed by atoms with E-state index >= 15 is 4.39 Å². The molecule has 37 heavy (non-hydrogen) atoms. The zero-order valence-corrected chi connectivity index (χ0v) is 21.1. The van der Waals surface area contributed by atoms with Gasteiger partial charge in [0.05, 0.1) is 17.8 Å². The van der Waals surface area contributed by atoms with E-state index < -0.39 is 11.7 Å². The zero-order valence-electron chi connectivity index (χ0n) is 20.3. The Labute approximate surface area is 217 Å². The largest absolute Gasteiger partial charge is 0.315 e. The molecule has 1 aliphatic rings. The fourth-order valence-electron chi connectivity index (χ4n) is 4.83. The van der Waals surface area contributed by atoms with Crippen LogP contribution in [0.4, 0.5) is 10.2 Å². The van der Waals surface area contributed by atoms with E-state index in [1.165, 1.54) is 12.1 Å². The second kappa shape index (κ2) is 9.84. The maximum absolute atomic E-state index is 15.4. The van der Waals surface area contributed by atoms with Gasteiger partial charge in [0.2, 0.25) is 0 Å². The lowest BCUT2D eigenvalue weighted by Crippen LogP contribution is -2.49. The van der Waals surface area contributed by atoms with Gasteiger partial charge in [-0.3, -0.25) is 14.4 Å². The summed E-state index contributed by atoms with van der Waals surface area (Å²) in [4.78, 5) is 21.5. The van der Waals surface area contributed by atoms with Crippen LogP contribution in [0.3, 0.4) is 0 Å². The molecule has 0 radical (unpaired) electrons. The third-order valence-corrected chi connectivity index (χ3v) is 7.81. The highest BCUT2D eigenvalue weighted by Crippen LogP contribution is 2.38. The Morgan fingerprint density at radius 3 is 2.73 bits per heavy atom. The van der Waals surface area contributed by atoms with Crippen molar-refractivity contribution in [2.24, 2.45) is 7.05 Å². The molecule has 4 heterocycles. The molecule has 1 fully saturated rings. The number of amides is 1. The van der Waals surface area contributed by atoms with Gasteiger partial charge in [-0.1, -0.05) is 41.6 Å². The summed E-state index contributed by atoms with van der Waals surface area (Å²) in [5.41, 5.74) is 2.23. The molecule has 0 bridgehead atoms. The lowest BCUT2D eigenvalue weighted by molar-refractivity contribution is 0.0968. The molecule has 1 N–H and O–H groups in total. The van der Waals surface area contributed by atoms with Gasteiger partial charge in [0, 0.05) is 40.3 Å². The number of nitrogens with one attached hydrogen (secondary N) is 1. The highest BCUT2D eigenvalue weighted by Gasteiger charge is 2.32. The summed E-state index contributed by atoms with van der Waals surface area (Å²) in [6.45, 7) is 1.52. The quantitative estimate of drug-likeness (QED) is 0.346. The molecule has 7 nitrogen and oxygen atoms in total. The van der Waals surface area contributed by atoms with Gasteiger partial charge in [0.25, 0.3) is 5.91 Å². The summed E-state index contributed by atoms with van der Waals surface area (Å²) in [5, 5.41) is 12.2. The first-order chi connectivity index (χ1) is 18.1. The van der Waals surface area contributed by atoms with Crippen LogP contribution in [0.2, 0.25) is 0 Å². The molecular formula is C28H25FN6OS. The van der Waals surface area contributed by atoms with Crippen molar-refractivity contribution in [3.05, 3.63) is 84.4 Å². The maximum Gasteiger partial charge on any atom is 0.262 e. The first-order valence-electron chi connectivity index (χ1n) is 12.2. The fraction of sp³-hybridized carbons (Fsp3) is 0.214. The SMILES string of the molecule is Cn1cc(-c2ccc(C(=O)N(c3nccc4sc(-c5ccccc5)cc34)[C@@H]3CCCNC3)c(F)c2)nn1. The molecule has 0 unspecified atom stereocenters. The van der Waals surface area contributed by atoms with Crippen LogP contribution in [0.5, 0.6) is 0 Å². The predicted octanol–water partition coefficient (Wildman–Crippen LogP) is 5.30. The van der Waals surface area contributed by atoms with Crippen molar-refractivity contribution < 1.29 is 9.18 Å². The van der Waals surface area contributed by atoms with E-state index in [2.05, 4.69) is 38.8 Å². The molecule has 0 saturated carbocycles. The van der Waals surface area contributed by atoms with E-state index in [4.69, 9.17) is 0 Å². The smallest absolute Gasteiger partial charge is 0.262 e. The first kappa shape index (κ1) is 23.4. The van der Waals surface area contributed by atoms with Gasteiger partial charge >= 0.3 is 0 Å². The van der Waals surface area contributed by atoms with Crippen molar-refractivity contribution in [1.82, 2.24) is 25.3 Å². The van der Waals surface area contributed by atoms with Gasteiger partial charge in [0.15, 0.2) is 0 Å². The Hall–Kier alpha value is -3.95. The average Bonchev–Trinajstić information content (AvgIpc) is 3.57. The van der Waals surface area contributed by atoms with Crippen LogP contribution in [0.25, 0.3) is 31.8 Å². The Morgan fingerprint density at radius 1 is 1.14 bits per heavy atom. The highest BCUT2D eigenvalue weighted by molar-refractivity contribution is 7.22. The monoisotopic (exact) mass is 512 g/mol. The number of carbonyl (C=O) groups excluding carboxylic acids is 1. The van der Waals surface area contributed by atoms with Crippen molar-refractivity contribution in [2.75, 3.05) is 18.0 Å². The van der Waals surface area contributed by atoms with E-state index in [1.54, 1.807) is 46.4 Å². The summed E-state index contributed by atoms with van der Waals surface area (Å²) in [5.74, 6) is -0.430. The Balaban J connectivity index is 1.43. The summed E-state index contributed by atoms with van der Waals surface area (Å²) in [6, 6.07) is 18.7. The Bertz CT molecular complexity index is 1570. The number of aryl methyl sites for hydroxylation is 1. The fourth-order valence-corrected chi connectivity index (χ4v) is 5.89. The standard InChI is InChI=1S/C28H25FN6OS/c1-34-17-24(32-33-34)19-9-10-21(23(29)14-19)28(36)35(20-8-5-12-30-16-20)27-22-15-26(18-6-3-2-4-7-18)37-25(22)11-13-31-27/h2-4,6-7,9-11,13-15,17,20,30H,5,8,12,16H2,1H3/t20-/m1/s1. The zero-order chi connectivity index (χ0) is 25.4. The number of carbonyl (C=O) groups is 1. The van der Waals surface area contributed by atoms with Crippen LogP contribution in [0, 0.1) is 5.82 Å². The number of piperidine rings is 1. The van der Waals surface area contributed by atoms with Crippen LogP contribution < -0.4 is 10.2 Å². The van der Waals surface area contributed by atoms with Gasteiger partial charge in [0.1, 0.15) is 17.3 Å². The number of rotatable bonds is 5. The third kappa shape index (κ3) is 4.52. The summed E-state index contributed by atoms with van der Waals surface area (Å²) in [7, 11) is 1.75. The third-order valence-electron chi connectivity index (χ3n) is 6.66. The molecule has 6 rings (SSSR count). The van der Waals surface area contributed by atoms with Crippen LogP contribution in [-0.2, 0) is 7.05 Å². The number of nitrogens with zero attached hydrogens (tertiary/aromatic N) is 5. The van der Waals surface area contributed by atoms with Gasteiger partial charge in [-0.05, 0) is 49.2 Å². The highest BCUT2D eigenvalue weighted by atomic mass is 32.1. The molecule has 1 amide bonds. The lowest BCUT2D eigenvalue weighted by atomic mass is 10.0. The number of anilines is 1. The van der Waals surface area contributed by atoms with Crippen LogP contribution in [0.1, 0.15) is 23.2 Å². The number of aromatic nitrogens is 4. The normalized spacial score (nSPS) is 15.7. The molecule has 2 aromatic carbocycles. The van der Waals surface area contributed by atoms with Gasteiger partial charge in [-0.2, -0.15) is 0 Å². The molecular weight excluding hydrogens is 487 g/mol. The number of fused-ring (bicyclic) bond motifs is 1. The minimum absolute atomic E-state index is 0.00975. The van der Waals surface area contributed by atoms with Crippen LogP contribution >= 0.6 is 11.3 Å². The van der Waals surface area contributed by atoms with E-state index in [0.29, 0.717) is 23.6 Å². The minimum atomic E-state index is -0.593. The molecule has 1 atom stereocenters. The van der Waals surface area contributed by atoms with E-state index in [-0.39, 0.29) is 11.6 Å². The maximum atomic E-state index is 15.4. The number of pyridine rings is 1. The van der Waals surface area contributed by atoms with Crippen molar-refractivity contribution >= 4 is 33.1 Å². The molecule has 9 heteroatoms. The first-order valence-corrected chi connectivity index (χ1v) is 13.0. The average molecular weight is 513 g/mol. The lowest BCUT2D eigenvalue weighted by Gasteiger charge is -2.34. The van der Waals surface area contributed by atoms with Crippen molar-refractivity contribution in [3.63, 3.8) is 0 Å². The van der Waals surface area contributed by atoms with Crippen molar-refractivity contribution in [1.29, 1.82) is 0 Å². The number of hydrogen-bond acceptors (Lipinski definition) is 6. The molecule has 1 aliphatic heterocycles. The Morgan fingerprint density at radius 2 is 2.00 bits per heavy atom. The second-order valence-corrected chi connectivity index (χ2v) is 10.3.